The molecule has 0 unspecified atom stereocenters. The Kier molecular flexibility index (Phi) is 11.2. The zero-order chi connectivity index (χ0) is 8.74. The van der Waals surface area contributed by atoms with Crippen molar-refractivity contribution >= 4 is 11.8 Å². The Labute approximate surface area is 98.9 Å². The first-order valence-electron chi connectivity index (χ1n) is 4.44. The molecule has 0 fully saturated rings. The maximum absolute atomic E-state index is 2.25. The zero-order valence-corrected chi connectivity index (χ0v) is 11.7. The van der Waals surface area contributed by atoms with Crippen LogP contribution < -0.4 is 24.0 Å². The van der Waals surface area contributed by atoms with E-state index < -0.39 is 0 Å². The largest absolute Gasteiger partial charge is 1.00 e. The minimum absolute atomic E-state index is 0. The van der Waals surface area contributed by atoms with Crippen LogP contribution >= 0.6 is 11.8 Å². The number of hydrogen-bond donors (Lipinski definition) is 0. The molecule has 0 aromatic heterocycles. The fourth-order valence-electron chi connectivity index (χ4n) is 0.887. The number of quaternary nitrogens is 1. The fraction of sp³-hybridized carbons (Fsp3) is 1.00. The van der Waals surface area contributed by atoms with Crippen molar-refractivity contribution in [3.8, 4) is 0 Å². The van der Waals surface area contributed by atoms with Crippen molar-refractivity contribution < 1.29 is 28.5 Å². The van der Waals surface area contributed by atoms with Crippen molar-refractivity contribution in [2.24, 2.45) is 0 Å². The lowest BCUT2D eigenvalue weighted by molar-refractivity contribution is -0.870. The van der Waals surface area contributed by atoms with Crippen molar-refractivity contribution in [3.63, 3.8) is 0 Å². The molecule has 0 bridgehead atoms. The molecule has 1 nitrogen and oxygen atoms in total. The highest BCUT2D eigenvalue weighted by atomic mass is 127. The first-order chi connectivity index (χ1) is 5.06. The first kappa shape index (κ1) is 15.5. The number of rotatable bonds is 6. The van der Waals surface area contributed by atoms with E-state index in [1.165, 1.54) is 30.9 Å². The lowest BCUT2D eigenvalue weighted by Gasteiger charge is -2.23. The lowest BCUT2D eigenvalue weighted by Crippen LogP contribution is -3.00. The van der Waals surface area contributed by atoms with Crippen LogP contribution in [-0.2, 0) is 0 Å². The Hall–Kier alpha value is 1.04. The summed E-state index contributed by atoms with van der Waals surface area (Å²) in [4.78, 5) is 0. The van der Waals surface area contributed by atoms with Crippen LogP contribution in [0.2, 0.25) is 0 Å². The van der Waals surface area contributed by atoms with Crippen molar-refractivity contribution in [3.05, 3.63) is 0 Å². The molecule has 0 spiro atoms. The Morgan fingerprint density at radius 2 is 1.67 bits per heavy atom. The van der Waals surface area contributed by atoms with Gasteiger partial charge >= 0.3 is 0 Å². The summed E-state index contributed by atoms with van der Waals surface area (Å²) in [6.45, 7) is 3.55. The number of thioether (sulfide) groups is 1. The Balaban J connectivity index is 0. The molecule has 0 aromatic rings. The highest BCUT2D eigenvalue weighted by molar-refractivity contribution is 7.99. The molecule has 0 aliphatic carbocycles. The summed E-state index contributed by atoms with van der Waals surface area (Å²) in [6, 6.07) is 0. The van der Waals surface area contributed by atoms with Crippen molar-refractivity contribution in [2.75, 3.05) is 39.2 Å². The van der Waals surface area contributed by atoms with Crippen molar-refractivity contribution in [1.29, 1.82) is 0 Å². The molecule has 0 heterocycles. The van der Waals surface area contributed by atoms with Gasteiger partial charge < -0.3 is 28.5 Å². The van der Waals surface area contributed by atoms with Gasteiger partial charge in [0.05, 0.1) is 27.7 Å². The molecule has 0 aromatic carbocycles. The third-order valence-electron chi connectivity index (χ3n) is 1.47. The molecule has 12 heavy (non-hydrogen) atoms. The van der Waals surface area contributed by atoms with Gasteiger partial charge in [0.15, 0.2) is 0 Å². The maximum atomic E-state index is 2.25. The minimum atomic E-state index is 0. The summed E-state index contributed by atoms with van der Waals surface area (Å²) in [6.07, 6.45) is 2.67. The standard InChI is InChI=1S/C9H22NS.HI/c1-5-8-11-9-6-7-10(2,3)4;/h5-9H2,1-4H3;1H/q+1;/p-1. The van der Waals surface area contributed by atoms with E-state index in [1.54, 1.807) is 0 Å². The highest BCUT2D eigenvalue weighted by Crippen LogP contribution is 2.05. The molecule has 76 valence electrons. The van der Waals surface area contributed by atoms with Gasteiger partial charge in [-0.15, -0.1) is 0 Å². The van der Waals surface area contributed by atoms with Gasteiger partial charge in [0.25, 0.3) is 0 Å². The smallest absolute Gasteiger partial charge is 0.0788 e. The van der Waals surface area contributed by atoms with E-state index in [0.29, 0.717) is 0 Å². The van der Waals surface area contributed by atoms with Gasteiger partial charge in [-0.2, -0.15) is 11.8 Å². The van der Waals surface area contributed by atoms with Crippen LogP contribution in [0.15, 0.2) is 0 Å². The third kappa shape index (κ3) is 13.6. The minimum Gasteiger partial charge on any atom is -1.00 e. The molecule has 0 aliphatic rings. The molecule has 0 N–H and O–H groups in total. The lowest BCUT2D eigenvalue weighted by atomic mass is 10.4. The van der Waals surface area contributed by atoms with Crippen LogP contribution in [0.3, 0.4) is 0 Å². The Bertz CT molecular complexity index is 91.0. The molecule has 0 saturated carbocycles. The maximum Gasteiger partial charge on any atom is 0.0788 e. The zero-order valence-electron chi connectivity index (χ0n) is 8.77. The van der Waals surface area contributed by atoms with Crippen LogP contribution in [0.5, 0.6) is 0 Å². The number of nitrogens with zero attached hydrogens (tertiary/aromatic N) is 1. The Morgan fingerprint density at radius 3 is 2.08 bits per heavy atom. The second-order valence-electron chi connectivity index (χ2n) is 3.98. The summed E-state index contributed by atoms with van der Waals surface area (Å²) in [7, 11) is 6.76. The number of halogens is 1. The first-order valence-corrected chi connectivity index (χ1v) is 5.60. The van der Waals surface area contributed by atoms with E-state index in [9.17, 15) is 0 Å². The predicted octanol–water partition coefficient (Wildman–Crippen LogP) is -0.770. The molecular weight excluding hydrogens is 281 g/mol. The average Bonchev–Trinajstić information content (AvgIpc) is 1.85. The second-order valence-corrected chi connectivity index (χ2v) is 5.20. The van der Waals surface area contributed by atoms with E-state index >= 15 is 0 Å². The molecule has 0 atom stereocenters. The van der Waals surface area contributed by atoms with Crippen LogP contribution in [-0.4, -0.2) is 43.7 Å². The van der Waals surface area contributed by atoms with Gasteiger partial charge in [-0.05, 0) is 17.9 Å². The average molecular weight is 303 g/mol. The summed E-state index contributed by atoms with van der Waals surface area (Å²) < 4.78 is 1.10. The normalized spacial score (nSPS) is 11.0. The van der Waals surface area contributed by atoms with Gasteiger partial charge in [0.2, 0.25) is 0 Å². The summed E-state index contributed by atoms with van der Waals surface area (Å²) in [5.74, 6) is 2.67. The molecule has 0 aliphatic heterocycles. The molecule has 0 amide bonds. The van der Waals surface area contributed by atoms with Crippen LogP contribution in [0.25, 0.3) is 0 Å². The predicted molar refractivity (Wildman–Crippen MR) is 55.1 cm³/mol. The summed E-state index contributed by atoms with van der Waals surface area (Å²) in [5.41, 5.74) is 0. The SMILES string of the molecule is CCCSCCC[N+](C)(C)C.[I-]. The van der Waals surface area contributed by atoms with Gasteiger partial charge in [0, 0.05) is 6.42 Å². The monoisotopic (exact) mass is 303 g/mol. The van der Waals surface area contributed by atoms with Crippen LogP contribution in [0.1, 0.15) is 19.8 Å². The summed E-state index contributed by atoms with van der Waals surface area (Å²) in [5, 5.41) is 0. The topological polar surface area (TPSA) is 0 Å². The van der Waals surface area contributed by atoms with Crippen molar-refractivity contribution in [1.82, 2.24) is 0 Å². The molecule has 0 radical (unpaired) electrons. The van der Waals surface area contributed by atoms with Gasteiger partial charge in [-0.3, -0.25) is 0 Å². The quantitative estimate of drug-likeness (QED) is 0.353. The molecule has 3 heteroatoms. The van der Waals surface area contributed by atoms with Crippen LogP contribution in [0.4, 0.5) is 0 Å². The molecule has 0 saturated heterocycles. The second kappa shape index (κ2) is 8.63. The number of hydrogen-bond acceptors (Lipinski definition) is 1. The van der Waals surface area contributed by atoms with E-state index in [-0.39, 0.29) is 24.0 Å². The van der Waals surface area contributed by atoms with Crippen LogP contribution in [0, 0.1) is 0 Å². The van der Waals surface area contributed by atoms with E-state index in [0.717, 1.165) is 4.48 Å². The van der Waals surface area contributed by atoms with Gasteiger partial charge in [-0.25, -0.2) is 0 Å². The van der Waals surface area contributed by atoms with Gasteiger partial charge in [-0.1, -0.05) is 6.92 Å². The highest BCUT2D eigenvalue weighted by Gasteiger charge is 2.04. The Morgan fingerprint density at radius 1 is 1.08 bits per heavy atom. The van der Waals surface area contributed by atoms with Gasteiger partial charge in [0.1, 0.15) is 0 Å². The molecule has 0 rings (SSSR count). The fourth-order valence-corrected chi connectivity index (χ4v) is 1.71. The van der Waals surface area contributed by atoms with Crippen molar-refractivity contribution in [2.45, 2.75) is 19.8 Å². The van der Waals surface area contributed by atoms with E-state index in [4.69, 9.17) is 0 Å². The van der Waals surface area contributed by atoms with E-state index in [1.807, 2.05) is 0 Å². The molecular formula is C9H22INS. The summed E-state index contributed by atoms with van der Waals surface area (Å²) >= 11 is 2.08. The third-order valence-corrected chi connectivity index (χ3v) is 2.74. The van der Waals surface area contributed by atoms with E-state index in [2.05, 4.69) is 39.8 Å².